The molecule has 1 aromatic heterocycles. The van der Waals surface area contributed by atoms with E-state index in [-0.39, 0.29) is 5.91 Å². The summed E-state index contributed by atoms with van der Waals surface area (Å²) in [5, 5.41) is 2.88. The summed E-state index contributed by atoms with van der Waals surface area (Å²) in [5.74, 6) is 1.73. The van der Waals surface area contributed by atoms with Gasteiger partial charge in [0.25, 0.3) is 0 Å². The predicted octanol–water partition coefficient (Wildman–Crippen LogP) is 3.35. The molecule has 3 aromatic rings. The monoisotopic (exact) mass is 349 g/mol. The van der Waals surface area contributed by atoms with Crippen molar-refractivity contribution >= 4 is 16.9 Å². The molecule has 5 nitrogen and oxygen atoms in total. The second-order valence-corrected chi connectivity index (χ2v) is 5.87. The smallest absolute Gasteiger partial charge is 0.243 e. The van der Waals surface area contributed by atoms with E-state index in [0.717, 1.165) is 22.6 Å². The van der Waals surface area contributed by atoms with Gasteiger partial charge in [0, 0.05) is 13.0 Å². The van der Waals surface area contributed by atoms with Gasteiger partial charge in [0.05, 0.1) is 17.6 Å². The van der Waals surface area contributed by atoms with Crippen LogP contribution in [0.15, 0.2) is 66.7 Å². The lowest BCUT2D eigenvalue weighted by atomic mass is 10.3. The summed E-state index contributed by atoms with van der Waals surface area (Å²) in [4.78, 5) is 16.3. The van der Waals surface area contributed by atoms with Crippen LogP contribution < -0.4 is 10.1 Å². The molecule has 0 saturated carbocycles. The Hall–Kier alpha value is -3.08. The number of amides is 1. The Balaban J connectivity index is 1.69. The number of benzene rings is 2. The average Bonchev–Trinajstić information content (AvgIpc) is 3.01. The van der Waals surface area contributed by atoms with Gasteiger partial charge in [0.15, 0.2) is 0 Å². The molecule has 0 radical (unpaired) electrons. The van der Waals surface area contributed by atoms with Gasteiger partial charge in [-0.15, -0.1) is 0 Å². The van der Waals surface area contributed by atoms with Gasteiger partial charge in [-0.3, -0.25) is 4.79 Å². The molecule has 0 fully saturated rings. The van der Waals surface area contributed by atoms with Crippen LogP contribution in [-0.2, 0) is 17.8 Å². The van der Waals surface area contributed by atoms with E-state index in [9.17, 15) is 4.79 Å². The van der Waals surface area contributed by atoms with Gasteiger partial charge in [-0.2, -0.15) is 0 Å². The van der Waals surface area contributed by atoms with Gasteiger partial charge >= 0.3 is 0 Å². The number of hydrogen-bond acceptors (Lipinski definition) is 3. The number of nitrogens with zero attached hydrogens (tertiary/aromatic N) is 2. The molecular weight excluding hydrogens is 326 g/mol. The average molecular weight is 349 g/mol. The first-order valence-corrected chi connectivity index (χ1v) is 8.80. The van der Waals surface area contributed by atoms with E-state index in [2.05, 4.69) is 16.0 Å². The van der Waals surface area contributed by atoms with E-state index >= 15 is 0 Å². The van der Waals surface area contributed by atoms with Gasteiger partial charge in [0.1, 0.15) is 18.2 Å². The summed E-state index contributed by atoms with van der Waals surface area (Å²) < 4.78 is 8.00. The zero-order valence-corrected chi connectivity index (χ0v) is 14.9. The molecule has 0 aliphatic rings. The Bertz CT molecular complexity index is 885. The van der Waals surface area contributed by atoms with Crippen molar-refractivity contribution in [1.29, 1.82) is 0 Å². The maximum absolute atomic E-state index is 11.6. The molecule has 5 heteroatoms. The third kappa shape index (κ3) is 4.51. The van der Waals surface area contributed by atoms with Gasteiger partial charge in [-0.05, 0) is 37.3 Å². The predicted molar refractivity (Wildman–Crippen MR) is 103 cm³/mol. The standard InChI is InChI=1S/C21H23N3O2/c1-2-8-21(25)22-14-13-20-23-18-11-6-7-12-19(18)24(20)15-16-26-17-9-4-3-5-10-17/h2-12H,13-16H2,1H3,(H,22,25)/b8-2+. The minimum Gasteiger partial charge on any atom is -0.492 e. The van der Waals surface area contributed by atoms with Crippen LogP contribution in [-0.4, -0.2) is 28.6 Å². The summed E-state index contributed by atoms with van der Waals surface area (Å²) >= 11 is 0. The van der Waals surface area contributed by atoms with Crippen molar-refractivity contribution in [2.24, 2.45) is 0 Å². The van der Waals surface area contributed by atoms with Gasteiger partial charge < -0.3 is 14.6 Å². The molecule has 0 bridgehead atoms. The number of carbonyl (C=O) groups is 1. The normalized spacial score (nSPS) is 11.1. The molecule has 0 unspecified atom stereocenters. The lowest BCUT2D eigenvalue weighted by Crippen LogP contribution is -2.24. The zero-order chi connectivity index (χ0) is 18.2. The number of carbonyl (C=O) groups excluding carboxylic acids is 1. The minimum atomic E-state index is -0.0810. The highest BCUT2D eigenvalue weighted by molar-refractivity contribution is 5.87. The van der Waals surface area contributed by atoms with E-state index in [1.807, 2.05) is 55.5 Å². The highest BCUT2D eigenvalue weighted by atomic mass is 16.5. The third-order valence-corrected chi connectivity index (χ3v) is 4.03. The summed E-state index contributed by atoms with van der Waals surface area (Å²) in [6, 6.07) is 17.8. The van der Waals surface area contributed by atoms with Crippen LogP contribution >= 0.6 is 0 Å². The van der Waals surface area contributed by atoms with Crippen molar-refractivity contribution in [1.82, 2.24) is 14.9 Å². The van der Waals surface area contributed by atoms with E-state index < -0.39 is 0 Å². The van der Waals surface area contributed by atoms with Crippen molar-refractivity contribution in [2.75, 3.05) is 13.2 Å². The molecule has 26 heavy (non-hydrogen) atoms. The maximum Gasteiger partial charge on any atom is 0.243 e. The van der Waals surface area contributed by atoms with E-state index in [1.54, 1.807) is 6.08 Å². The first kappa shape index (κ1) is 17.7. The fourth-order valence-corrected chi connectivity index (χ4v) is 2.85. The minimum absolute atomic E-state index is 0.0810. The number of nitrogens with one attached hydrogen (secondary N) is 1. The number of rotatable bonds is 8. The van der Waals surface area contributed by atoms with E-state index in [0.29, 0.717) is 26.1 Å². The van der Waals surface area contributed by atoms with Crippen LogP contribution in [0.2, 0.25) is 0 Å². The third-order valence-electron chi connectivity index (χ3n) is 4.03. The number of hydrogen-bond donors (Lipinski definition) is 1. The quantitative estimate of drug-likeness (QED) is 0.635. The van der Waals surface area contributed by atoms with Crippen LogP contribution in [0.5, 0.6) is 5.75 Å². The molecular formula is C21H23N3O2. The lowest BCUT2D eigenvalue weighted by Gasteiger charge is -2.11. The van der Waals surface area contributed by atoms with Crippen LogP contribution in [0.3, 0.4) is 0 Å². The van der Waals surface area contributed by atoms with Crippen LogP contribution in [0.1, 0.15) is 12.7 Å². The number of ether oxygens (including phenoxy) is 1. The van der Waals surface area contributed by atoms with Gasteiger partial charge in [0.2, 0.25) is 5.91 Å². The SMILES string of the molecule is C/C=C/C(=O)NCCc1nc2ccccc2n1CCOc1ccccc1. The fraction of sp³-hybridized carbons (Fsp3) is 0.238. The lowest BCUT2D eigenvalue weighted by molar-refractivity contribution is -0.116. The zero-order valence-electron chi connectivity index (χ0n) is 14.9. The number of allylic oxidation sites excluding steroid dienone is 1. The summed E-state index contributed by atoms with van der Waals surface area (Å²) in [6.45, 7) is 3.63. The Kier molecular flexibility index (Phi) is 6.04. The second-order valence-electron chi connectivity index (χ2n) is 5.87. The summed E-state index contributed by atoms with van der Waals surface area (Å²) in [7, 11) is 0. The van der Waals surface area contributed by atoms with Crippen LogP contribution in [0.25, 0.3) is 11.0 Å². The van der Waals surface area contributed by atoms with E-state index in [4.69, 9.17) is 9.72 Å². The molecule has 0 spiro atoms. The first-order valence-electron chi connectivity index (χ1n) is 8.80. The molecule has 3 rings (SSSR count). The van der Waals surface area contributed by atoms with Gasteiger partial charge in [-0.1, -0.05) is 36.4 Å². The number of fused-ring (bicyclic) bond motifs is 1. The van der Waals surface area contributed by atoms with E-state index in [1.165, 1.54) is 6.08 Å². The molecule has 1 amide bonds. The summed E-state index contributed by atoms with van der Waals surface area (Å²) in [6.07, 6.45) is 3.92. The van der Waals surface area contributed by atoms with Crippen LogP contribution in [0.4, 0.5) is 0 Å². The topological polar surface area (TPSA) is 56.2 Å². The molecule has 1 heterocycles. The van der Waals surface area contributed by atoms with Crippen molar-refractivity contribution in [3.05, 3.63) is 72.6 Å². The molecule has 134 valence electrons. The Morgan fingerprint density at radius 2 is 1.92 bits per heavy atom. The van der Waals surface area contributed by atoms with Crippen molar-refractivity contribution in [3.63, 3.8) is 0 Å². The maximum atomic E-state index is 11.6. The van der Waals surface area contributed by atoms with Crippen LogP contribution in [0, 0.1) is 0 Å². The molecule has 2 aromatic carbocycles. The Labute approximate surface area is 153 Å². The molecule has 0 atom stereocenters. The first-order chi connectivity index (χ1) is 12.8. The number of imidazole rings is 1. The van der Waals surface area contributed by atoms with Crippen molar-refractivity contribution in [2.45, 2.75) is 19.9 Å². The van der Waals surface area contributed by atoms with Gasteiger partial charge in [-0.25, -0.2) is 4.98 Å². The fourth-order valence-electron chi connectivity index (χ4n) is 2.85. The number of para-hydroxylation sites is 3. The van der Waals surface area contributed by atoms with Crippen molar-refractivity contribution < 1.29 is 9.53 Å². The highest BCUT2D eigenvalue weighted by Crippen LogP contribution is 2.17. The van der Waals surface area contributed by atoms with Crippen molar-refractivity contribution in [3.8, 4) is 5.75 Å². The molecule has 0 saturated heterocycles. The largest absolute Gasteiger partial charge is 0.492 e. The summed E-state index contributed by atoms with van der Waals surface area (Å²) in [5.41, 5.74) is 2.04. The highest BCUT2D eigenvalue weighted by Gasteiger charge is 2.10. The molecule has 0 aliphatic carbocycles. The second kappa shape index (κ2) is 8.85. The molecule has 0 aliphatic heterocycles. The number of aromatic nitrogens is 2. The molecule has 1 N–H and O–H groups in total. The Morgan fingerprint density at radius 3 is 2.73 bits per heavy atom. The Morgan fingerprint density at radius 1 is 1.15 bits per heavy atom.